The molecule has 0 radical (unpaired) electrons. The Morgan fingerprint density at radius 3 is 2.50 bits per heavy atom. The Kier molecular flexibility index (Phi) is 6.59. The molecule has 0 spiro atoms. The van der Waals surface area contributed by atoms with Crippen molar-refractivity contribution in [3.8, 4) is 0 Å². The largest absolute Gasteiger partial charge is 0.481 e. The number of hydrogen-bond acceptors (Lipinski definition) is 2. The van der Waals surface area contributed by atoms with E-state index in [1.165, 1.54) is 6.08 Å². The van der Waals surface area contributed by atoms with Crippen molar-refractivity contribution in [2.45, 2.75) is 20.3 Å². The number of amides is 1. The molecule has 0 fully saturated rings. The fourth-order valence-corrected chi connectivity index (χ4v) is 1.15. The lowest BCUT2D eigenvalue weighted by molar-refractivity contribution is -0.146. The molecule has 16 heavy (non-hydrogen) atoms. The van der Waals surface area contributed by atoms with E-state index in [-0.39, 0.29) is 6.42 Å². The molecule has 1 atom stereocenters. The molecule has 0 saturated heterocycles. The quantitative estimate of drug-likeness (QED) is 0.533. The van der Waals surface area contributed by atoms with Gasteiger partial charge >= 0.3 is 5.97 Å². The van der Waals surface area contributed by atoms with Gasteiger partial charge in [0, 0.05) is 5.70 Å². The monoisotopic (exact) mass is 223 g/mol. The molecule has 4 nitrogen and oxygen atoms in total. The van der Waals surface area contributed by atoms with Gasteiger partial charge < -0.3 is 10.4 Å². The average Bonchev–Trinajstić information content (AvgIpc) is 2.18. The minimum Gasteiger partial charge on any atom is -0.481 e. The highest BCUT2D eigenvalue weighted by Gasteiger charge is 2.23. The fourth-order valence-electron chi connectivity index (χ4n) is 1.15. The van der Waals surface area contributed by atoms with E-state index in [9.17, 15) is 9.59 Å². The van der Waals surface area contributed by atoms with Crippen molar-refractivity contribution < 1.29 is 14.7 Å². The number of aliphatic carboxylic acids is 1. The van der Waals surface area contributed by atoms with Gasteiger partial charge in [-0.15, -0.1) is 0 Å². The highest BCUT2D eigenvalue weighted by atomic mass is 16.4. The van der Waals surface area contributed by atoms with Gasteiger partial charge in [-0.2, -0.15) is 0 Å². The zero-order chi connectivity index (χ0) is 12.6. The van der Waals surface area contributed by atoms with Gasteiger partial charge in [-0.1, -0.05) is 25.7 Å². The van der Waals surface area contributed by atoms with Crippen LogP contribution in [0.5, 0.6) is 0 Å². The summed E-state index contributed by atoms with van der Waals surface area (Å²) in [5, 5.41) is 11.3. The van der Waals surface area contributed by atoms with E-state index >= 15 is 0 Å². The third kappa shape index (κ3) is 4.59. The van der Waals surface area contributed by atoms with Crippen molar-refractivity contribution in [2.24, 2.45) is 5.92 Å². The summed E-state index contributed by atoms with van der Waals surface area (Å²) in [5.41, 5.74) is 0.530. The fraction of sp³-hybridized carbons (Fsp3) is 0.333. The third-order valence-electron chi connectivity index (χ3n) is 1.93. The van der Waals surface area contributed by atoms with Crippen molar-refractivity contribution in [1.82, 2.24) is 5.32 Å². The molecule has 0 aliphatic carbocycles. The van der Waals surface area contributed by atoms with Crippen molar-refractivity contribution in [2.75, 3.05) is 0 Å². The molecule has 0 aromatic rings. The van der Waals surface area contributed by atoms with E-state index in [0.29, 0.717) is 5.70 Å². The summed E-state index contributed by atoms with van der Waals surface area (Å²) in [6, 6.07) is 0. The molecule has 0 rings (SSSR count). The van der Waals surface area contributed by atoms with Gasteiger partial charge in [-0.05, 0) is 25.5 Å². The van der Waals surface area contributed by atoms with E-state index in [4.69, 9.17) is 5.11 Å². The maximum Gasteiger partial charge on any atom is 0.316 e. The summed E-state index contributed by atoms with van der Waals surface area (Å²) in [4.78, 5) is 22.3. The maximum atomic E-state index is 11.6. The smallest absolute Gasteiger partial charge is 0.316 e. The van der Waals surface area contributed by atoms with E-state index in [1.807, 2.05) is 0 Å². The lowest BCUT2D eigenvalue weighted by Gasteiger charge is -2.10. The number of carboxylic acid groups (broad SMARTS) is 1. The van der Waals surface area contributed by atoms with Crippen LogP contribution in [0.3, 0.4) is 0 Å². The minimum atomic E-state index is -1.11. The summed E-state index contributed by atoms with van der Waals surface area (Å²) in [7, 11) is 0. The lowest BCUT2D eigenvalue weighted by Crippen LogP contribution is -2.34. The molecule has 0 aromatic heterocycles. The van der Waals surface area contributed by atoms with Crippen LogP contribution in [-0.2, 0) is 9.59 Å². The van der Waals surface area contributed by atoms with Crippen LogP contribution in [0, 0.1) is 5.92 Å². The predicted octanol–water partition coefficient (Wildman–Crippen LogP) is 1.86. The Balaban J connectivity index is 4.68. The van der Waals surface area contributed by atoms with Crippen LogP contribution in [0.25, 0.3) is 0 Å². The summed E-state index contributed by atoms with van der Waals surface area (Å²) < 4.78 is 0. The molecule has 0 aliphatic heterocycles. The highest BCUT2D eigenvalue weighted by Crippen LogP contribution is 2.04. The van der Waals surface area contributed by atoms with Crippen LogP contribution in [-0.4, -0.2) is 17.0 Å². The highest BCUT2D eigenvalue weighted by molar-refractivity contribution is 5.97. The number of carbonyl (C=O) groups is 2. The lowest BCUT2D eigenvalue weighted by atomic mass is 10.1. The second-order valence-corrected chi connectivity index (χ2v) is 3.15. The van der Waals surface area contributed by atoms with Gasteiger partial charge in [0.2, 0.25) is 5.91 Å². The van der Waals surface area contributed by atoms with Gasteiger partial charge in [-0.25, -0.2) is 0 Å². The van der Waals surface area contributed by atoms with Crippen molar-refractivity contribution in [3.63, 3.8) is 0 Å². The zero-order valence-corrected chi connectivity index (χ0v) is 9.56. The van der Waals surface area contributed by atoms with Gasteiger partial charge in [0.15, 0.2) is 0 Å². The molecular formula is C12H17NO3. The number of hydrogen-bond donors (Lipinski definition) is 2. The van der Waals surface area contributed by atoms with Gasteiger partial charge in [0.1, 0.15) is 5.92 Å². The molecule has 0 aromatic carbocycles. The average molecular weight is 223 g/mol. The number of rotatable bonds is 6. The first-order valence-electron chi connectivity index (χ1n) is 5.05. The molecule has 0 aliphatic rings. The summed E-state index contributed by atoms with van der Waals surface area (Å²) in [6.45, 7) is 6.97. The molecule has 2 N–H and O–H groups in total. The van der Waals surface area contributed by atoms with Gasteiger partial charge in [-0.3, -0.25) is 9.59 Å². The maximum absolute atomic E-state index is 11.6. The number of carboxylic acids is 1. The normalized spacial score (nSPS) is 13.5. The second kappa shape index (κ2) is 7.45. The van der Waals surface area contributed by atoms with E-state index in [0.717, 1.165) is 0 Å². The Bertz CT molecular complexity index is 329. The molecule has 4 heteroatoms. The SMILES string of the molecule is C=C/C=C(\C=C/C)NC(=O)C(CC)C(=O)O. The van der Waals surface area contributed by atoms with Crippen LogP contribution in [0.4, 0.5) is 0 Å². The summed E-state index contributed by atoms with van der Waals surface area (Å²) in [5.74, 6) is -2.64. The van der Waals surface area contributed by atoms with Crippen molar-refractivity contribution >= 4 is 11.9 Å². The second-order valence-electron chi connectivity index (χ2n) is 3.15. The molecule has 0 heterocycles. The van der Waals surface area contributed by atoms with Gasteiger partial charge in [0.25, 0.3) is 0 Å². The number of carbonyl (C=O) groups excluding carboxylic acids is 1. The van der Waals surface area contributed by atoms with Crippen molar-refractivity contribution in [3.05, 3.63) is 36.6 Å². The Hall–Kier alpha value is -1.84. The first-order valence-corrected chi connectivity index (χ1v) is 5.05. The molecule has 0 saturated carbocycles. The number of allylic oxidation sites excluding steroid dienone is 4. The van der Waals surface area contributed by atoms with E-state index in [1.54, 1.807) is 32.1 Å². The standard InChI is InChI=1S/C12H17NO3/c1-4-7-9(8-5-2)13-11(14)10(6-3)12(15)16/h4-5,7-8,10H,1,6H2,2-3H3,(H,13,14)(H,15,16)/b8-5-,9-7+. The topological polar surface area (TPSA) is 66.4 Å². The molecule has 88 valence electrons. The van der Waals surface area contributed by atoms with Crippen LogP contribution in [0.2, 0.25) is 0 Å². The van der Waals surface area contributed by atoms with Crippen LogP contribution in [0.1, 0.15) is 20.3 Å². The van der Waals surface area contributed by atoms with E-state index in [2.05, 4.69) is 11.9 Å². The van der Waals surface area contributed by atoms with E-state index < -0.39 is 17.8 Å². The number of nitrogens with one attached hydrogen (secondary N) is 1. The Morgan fingerprint density at radius 1 is 1.50 bits per heavy atom. The van der Waals surface area contributed by atoms with Crippen LogP contribution >= 0.6 is 0 Å². The molecule has 1 unspecified atom stereocenters. The summed E-state index contributed by atoms with van der Waals surface area (Å²) in [6.07, 6.45) is 6.81. The predicted molar refractivity (Wildman–Crippen MR) is 62.7 cm³/mol. The third-order valence-corrected chi connectivity index (χ3v) is 1.93. The minimum absolute atomic E-state index is 0.262. The van der Waals surface area contributed by atoms with Crippen LogP contribution < -0.4 is 5.32 Å². The van der Waals surface area contributed by atoms with Crippen LogP contribution in [0.15, 0.2) is 36.6 Å². The molecule has 1 amide bonds. The Morgan fingerprint density at radius 2 is 2.12 bits per heavy atom. The first kappa shape index (κ1) is 14.2. The Labute approximate surface area is 95.4 Å². The molecular weight excluding hydrogens is 206 g/mol. The van der Waals surface area contributed by atoms with Gasteiger partial charge in [0.05, 0.1) is 0 Å². The summed E-state index contributed by atoms with van der Waals surface area (Å²) >= 11 is 0. The zero-order valence-electron chi connectivity index (χ0n) is 9.56. The van der Waals surface area contributed by atoms with Crippen molar-refractivity contribution in [1.29, 1.82) is 0 Å². The molecule has 0 bridgehead atoms. The first-order chi connectivity index (χ1) is 7.56.